The first-order valence-electron chi connectivity index (χ1n) is 5.51. The molecule has 5 nitrogen and oxygen atoms in total. The summed E-state index contributed by atoms with van der Waals surface area (Å²) in [5.74, 6) is 6.97. The Morgan fingerprint density at radius 1 is 1.62 bits per heavy atom. The van der Waals surface area contributed by atoms with Crippen LogP contribution in [0.1, 0.15) is 26.2 Å². The van der Waals surface area contributed by atoms with Crippen LogP contribution in [0.4, 0.5) is 11.6 Å². The topological polar surface area (TPSA) is 67.1 Å². The number of nitrogens with one attached hydrogen (secondary N) is 1. The van der Waals surface area contributed by atoms with Crippen molar-refractivity contribution < 1.29 is 0 Å². The van der Waals surface area contributed by atoms with Crippen LogP contribution in [0, 0.1) is 0 Å². The van der Waals surface area contributed by atoms with Crippen LogP contribution in [-0.2, 0) is 0 Å². The Hall–Kier alpha value is -0.880. The third-order valence-electron chi connectivity index (χ3n) is 3.03. The molecule has 1 saturated heterocycles. The summed E-state index contributed by atoms with van der Waals surface area (Å²) in [6.07, 6.45) is 5.14. The zero-order valence-electron chi connectivity index (χ0n) is 9.28. The molecule has 1 aliphatic rings. The van der Waals surface area contributed by atoms with Gasteiger partial charge in [-0.15, -0.1) is 0 Å². The van der Waals surface area contributed by atoms with Crippen LogP contribution in [0.25, 0.3) is 0 Å². The van der Waals surface area contributed by atoms with Crippen LogP contribution in [0.15, 0.2) is 10.8 Å². The van der Waals surface area contributed by atoms with Crippen molar-refractivity contribution in [3.05, 3.63) is 10.8 Å². The van der Waals surface area contributed by atoms with Crippen molar-refractivity contribution >= 4 is 27.6 Å². The third-order valence-corrected chi connectivity index (χ3v) is 3.76. The number of nitrogen functional groups attached to an aromatic ring is 1. The lowest BCUT2D eigenvalue weighted by atomic mass is 10.2. The van der Waals surface area contributed by atoms with Crippen LogP contribution in [0.5, 0.6) is 0 Å². The Morgan fingerprint density at radius 2 is 2.44 bits per heavy atom. The first-order chi connectivity index (χ1) is 7.77. The second-order valence-electron chi connectivity index (χ2n) is 3.90. The maximum Gasteiger partial charge on any atom is 0.159 e. The molecule has 0 amide bonds. The molecule has 16 heavy (non-hydrogen) atoms. The number of hydrogen-bond donors (Lipinski definition) is 2. The molecule has 1 unspecified atom stereocenters. The second-order valence-corrected chi connectivity index (χ2v) is 4.69. The van der Waals surface area contributed by atoms with E-state index in [4.69, 9.17) is 5.84 Å². The molecule has 1 aromatic rings. The number of hydrazine groups is 1. The van der Waals surface area contributed by atoms with Gasteiger partial charge in [-0.1, -0.05) is 6.92 Å². The standard InChI is InChI=1S/C10H16BrN5/c1-2-7-4-3-5-16(7)10-8(11)9(15-12)13-6-14-10/h6-7H,2-5,12H2,1H3,(H,13,14,15). The van der Waals surface area contributed by atoms with E-state index in [0.29, 0.717) is 11.9 Å². The fourth-order valence-corrected chi connectivity index (χ4v) is 2.75. The molecule has 0 radical (unpaired) electrons. The van der Waals surface area contributed by atoms with Crippen molar-refractivity contribution in [1.82, 2.24) is 9.97 Å². The molecule has 0 bridgehead atoms. The van der Waals surface area contributed by atoms with Crippen molar-refractivity contribution in [3.63, 3.8) is 0 Å². The van der Waals surface area contributed by atoms with Gasteiger partial charge < -0.3 is 10.3 Å². The highest BCUT2D eigenvalue weighted by atomic mass is 79.9. The molecule has 1 atom stereocenters. The largest absolute Gasteiger partial charge is 0.353 e. The van der Waals surface area contributed by atoms with E-state index < -0.39 is 0 Å². The summed E-state index contributed by atoms with van der Waals surface area (Å²) in [5, 5.41) is 0. The van der Waals surface area contributed by atoms with Gasteiger partial charge in [0, 0.05) is 12.6 Å². The predicted octanol–water partition coefficient (Wildman–Crippen LogP) is 1.90. The van der Waals surface area contributed by atoms with Gasteiger partial charge in [-0.2, -0.15) is 0 Å². The average molecular weight is 286 g/mol. The maximum absolute atomic E-state index is 5.40. The zero-order valence-corrected chi connectivity index (χ0v) is 10.9. The first-order valence-corrected chi connectivity index (χ1v) is 6.31. The van der Waals surface area contributed by atoms with Gasteiger partial charge in [0.05, 0.1) is 0 Å². The van der Waals surface area contributed by atoms with Gasteiger partial charge >= 0.3 is 0 Å². The molecule has 0 saturated carbocycles. The average Bonchev–Trinajstić information content (AvgIpc) is 2.77. The van der Waals surface area contributed by atoms with E-state index in [9.17, 15) is 0 Å². The summed E-state index contributed by atoms with van der Waals surface area (Å²) >= 11 is 3.50. The van der Waals surface area contributed by atoms with Gasteiger partial charge in [0.1, 0.15) is 16.6 Å². The number of aromatic nitrogens is 2. The number of nitrogens with zero attached hydrogens (tertiary/aromatic N) is 3. The van der Waals surface area contributed by atoms with Gasteiger partial charge in [-0.3, -0.25) is 0 Å². The van der Waals surface area contributed by atoms with Crippen LogP contribution in [-0.4, -0.2) is 22.6 Å². The summed E-state index contributed by atoms with van der Waals surface area (Å²) in [5.41, 5.74) is 2.57. The minimum absolute atomic E-state index is 0.580. The molecule has 0 spiro atoms. The maximum atomic E-state index is 5.40. The fraction of sp³-hybridized carbons (Fsp3) is 0.600. The molecular weight excluding hydrogens is 270 g/mol. The van der Waals surface area contributed by atoms with Crippen LogP contribution >= 0.6 is 15.9 Å². The molecule has 0 aliphatic carbocycles. The number of hydrogen-bond acceptors (Lipinski definition) is 5. The predicted molar refractivity (Wildman–Crippen MR) is 68.2 cm³/mol. The van der Waals surface area contributed by atoms with E-state index in [1.807, 2.05) is 0 Å². The lowest BCUT2D eigenvalue weighted by molar-refractivity contribution is 0.639. The van der Waals surface area contributed by atoms with Gasteiger partial charge in [-0.25, -0.2) is 15.8 Å². The molecule has 2 rings (SSSR count). The smallest absolute Gasteiger partial charge is 0.159 e. The van der Waals surface area contributed by atoms with E-state index >= 15 is 0 Å². The number of anilines is 2. The van der Waals surface area contributed by atoms with Gasteiger partial charge in [0.15, 0.2) is 5.82 Å². The molecule has 88 valence electrons. The van der Waals surface area contributed by atoms with Crippen molar-refractivity contribution in [2.75, 3.05) is 16.9 Å². The molecule has 1 fully saturated rings. The highest BCUT2D eigenvalue weighted by Crippen LogP contribution is 2.34. The number of rotatable bonds is 3. The lowest BCUT2D eigenvalue weighted by Gasteiger charge is -2.25. The van der Waals surface area contributed by atoms with Gasteiger partial charge in [0.2, 0.25) is 0 Å². The molecular formula is C10H16BrN5. The first kappa shape index (κ1) is 11.6. The third kappa shape index (κ3) is 1.99. The van der Waals surface area contributed by atoms with Gasteiger partial charge in [0.25, 0.3) is 0 Å². The fourth-order valence-electron chi connectivity index (χ4n) is 2.20. The van der Waals surface area contributed by atoms with Gasteiger partial charge in [-0.05, 0) is 35.2 Å². The molecule has 1 aromatic heterocycles. The van der Waals surface area contributed by atoms with Crippen molar-refractivity contribution in [3.8, 4) is 0 Å². The van der Waals surface area contributed by atoms with Crippen LogP contribution in [0.3, 0.4) is 0 Å². The van der Waals surface area contributed by atoms with Crippen molar-refractivity contribution in [1.29, 1.82) is 0 Å². The summed E-state index contributed by atoms with van der Waals surface area (Å²) in [4.78, 5) is 10.7. The molecule has 6 heteroatoms. The van der Waals surface area contributed by atoms with E-state index in [1.54, 1.807) is 6.33 Å². The summed E-state index contributed by atoms with van der Waals surface area (Å²) in [7, 11) is 0. The van der Waals surface area contributed by atoms with E-state index in [-0.39, 0.29) is 0 Å². The SMILES string of the molecule is CCC1CCCN1c1ncnc(NN)c1Br. The number of nitrogens with two attached hydrogens (primary N) is 1. The minimum atomic E-state index is 0.580. The highest BCUT2D eigenvalue weighted by Gasteiger charge is 2.26. The van der Waals surface area contributed by atoms with E-state index in [2.05, 4.69) is 43.1 Å². The van der Waals surface area contributed by atoms with Crippen LogP contribution in [0.2, 0.25) is 0 Å². The summed E-state index contributed by atoms with van der Waals surface area (Å²) in [6.45, 7) is 3.26. The van der Waals surface area contributed by atoms with E-state index in [0.717, 1.165) is 23.3 Å². The molecule has 0 aromatic carbocycles. The molecule has 1 aliphatic heterocycles. The van der Waals surface area contributed by atoms with Crippen molar-refractivity contribution in [2.24, 2.45) is 5.84 Å². The normalized spacial score (nSPS) is 20.2. The van der Waals surface area contributed by atoms with Crippen LogP contribution < -0.4 is 16.2 Å². The summed E-state index contributed by atoms with van der Waals surface area (Å²) < 4.78 is 0.845. The molecule has 2 heterocycles. The lowest BCUT2D eigenvalue weighted by Crippen LogP contribution is -2.30. The van der Waals surface area contributed by atoms with Crippen molar-refractivity contribution in [2.45, 2.75) is 32.2 Å². The molecule has 3 N–H and O–H groups in total. The second kappa shape index (κ2) is 4.97. The summed E-state index contributed by atoms with van der Waals surface area (Å²) in [6, 6.07) is 0.580. The monoisotopic (exact) mass is 285 g/mol. The Kier molecular flexibility index (Phi) is 3.60. The quantitative estimate of drug-likeness (QED) is 0.656. The minimum Gasteiger partial charge on any atom is -0.353 e. The van der Waals surface area contributed by atoms with E-state index in [1.165, 1.54) is 12.8 Å². The zero-order chi connectivity index (χ0) is 11.5. The Labute approximate surface area is 104 Å². The Bertz CT molecular complexity index is 370. The highest BCUT2D eigenvalue weighted by molar-refractivity contribution is 9.10. The Morgan fingerprint density at radius 3 is 3.12 bits per heavy atom. The Balaban J connectivity index is 2.32. The number of halogens is 1.